The molecule has 0 saturated carbocycles. The van der Waals surface area contributed by atoms with Crippen molar-refractivity contribution in [2.24, 2.45) is 11.7 Å². The lowest BCUT2D eigenvalue weighted by molar-refractivity contribution is -0.149. The Balaban J connectivity index is 1.68. The Bertz CT molecular complexity index is 1310. The van der Waals surface area contributed by atoms with Crippen LogP contribution < -0.4 is 21.7 Å². The van der Waals surface area contributed by atoms with Gasteiger partial charge in [-0.1, -0.05) is 26.0 Å². The van der Waals surface area contributed by atoms with Crippen LogP contribution in [0.4, 0.5) is 0 Å². The van der Waals surface area contributed by atoms with Crippen molar-refractivity contribution in [1.29, 1.82) is 0 Å². The third kappa shape index (κ3) is 9.39. The number of carboxylic acids is 1. The predicted molar refractivity (Wildman–Crippen MR) is 166 cm³/mol. The summed E-state index contributed by atoms with van der Waals surface area (Å²) in [5.74, 6) is -5.06. The van der Waals surface area contributed by atoms with Gasteiger partial charge in [-0.3, -0.25) is 24.0 Å². The van der Waals surface area contributed by atoms with Crippen LogP contribution in [0, 0.1) is 5.92 Å². The average molecular weight is 663 g/mol. The Kier molecular flexibility index (Phi) is 13.1. The fraction of sp³-hybridized carbons (Fsp3) is 0.613. The van der Waals surface area contributed by atoms with Crippen molar-refractivity contribution in [1.82, 2.24) is 25.8 Å². The molecule has 16 heteroatoms. The highest BCUT2D eigenvalue weighted by Crippen LogP contribution is 2.26. The zero-order valence-electron chi connectivity index (χ0n) is 26.8. The minimum atomic E-state index is -1.50. The summed E-state index contributed by atoms with van der Waals surface area (Å²) in [4.78, 5) is 80.5. The van der Waals surface area contributed by atoms with Crippen LogP contribution in [0.2, 0.25) is 0 Å². The fourth-order valence-electron chi connectivity index (χ4n) is 5.72. The van der Waals surface area contributed by atoms with Gasteiger partial charge in [-0.05, 0) is 56.2 Å². The van der Waals surface area contributed by atoms with Gasteiger partial charge in [-0.15, -0.1) is 0 Å². The van der Waals surface area contributed by atoms with Crippen LogP contribution in [0.1, 0.15) is 52.0 Å². The molecule has 0 aliphatic carbocycles. The first-order valence-corrected chi connectivity index (χ1v) is 15.7. The van der Waals surface area contributed by atoms with E-state index in [0.29, 0.717) is 18.4 Å². The number of nitrogens with one attached hydrogen (secondary N) is 3. The van der Waals surface area contributed by atoms with E-state index in [2.05, 4.69) is 16.0 Å². The molecule has 0 bridgehead atoms. The lowest BCUT2D eigenvalue weighted by atomic mass is 10.0. The molecule has 16 nitrogen and oxygen atoms in total. The molecule has 9 N–H and O–H groups in total. The molecule has 3 rings (SSSR count). The molecular formula is C31H46N6O10. The number of amides is 5. The minimum absolute atomic E-state index is 0.0108. The second-order valence-corrected chi connectivity index (χ2v) is 12.4. The lowest BCUT2D eigenvalue weighted by Crippen LogP contribution is -2.61. The van der Waals surface area contributed by atoms with E-state index in [4.69, 9.17) is 5.73 Å². The monoisotopic (exact) mass is 662 g/mol. The van der Waals surface area contributed by atoms with E-state index in [1.165, 1.54) is 28.9 Å². The van der Waals surface area contributed by atoms with Crippen LogP contribution in [0.3, 0.4) is 0 Å². The summed E-state index contributed by atoms with van der Waals surface area (Å²) in [5, 5.41) is 46.7. The van der Waals surface area contributed by atoms with Crippen LogP contribution in [0.15, 0.2) is 24.3 Å². The number of phenolic OH excluding ortho intramolecular Hbond substituents is 1. The normalized spacial score (nSPS) is 21.0. The van der Waals surface area contributed by atoms with Crippen LogP contribution in [-0.4, -0.2) is 128 Å². The van der Waals surface area contributed by atoms with Gasteiger partial charge in [-0.2, -0.15) is 0 Å². The number of rotatable bonds is 14. The maximum absolute atomic E-state index is 13.8. The van der Waals surface area contributed by atoms with E-state index in [0.717, 1.165) is 0 Å². The quantitative estimate of drug-likeness (QED) is 0.106. The van der Waals surface area contributed by atoms with Crippen molar-refractivity contribution in [3.05, 3.63) is 29.8 Å². The molecule has 2 heterocycles. The van der Waals surface area contributed by atoms with Gasteiger partial charge in [-0.25, -0.2) is 4.79 Å². The molecule has 0 spiro atoms. The molecule has 47 heavy (non-hydrogen) atoms. The smallest absolute Gasteiger partial charge is 0.326 e. The maximum Gasteiger partial charge on any atom is 0.326 e. The summed E-state index contributed by atoms with van der Waals surface area (Å²) in [6.45, 7) is 4.20. The van der Waals surface area contributed by atoms with Gasteiger partial charge in [0, 0.05) is 19.5 Å². The van der Waals surface area contributed by atoms with Crippen LogP contribution in [0.5, 0.6) is 5.75 Å². The van der Waals surface area contributed by atoms with Gasteiger partial charge in [0.2, 0.25) is 29.5 Å². The zero-order valence-corrected chi connectivity index (χ0v) is 26.8. The van der Waals surface area contributed by atoms with Crippen LogP contribution in [0.25, 0.3) is 0 Å². The second-order valence-electron chi connectivity index (χ2n) is 12.4. The van der Waals surface area contributed by atoms with Crippen molar-refractivity contribution in [3.8, 4) is 5.75 Å². The van der Waals surface area contributed by atoms with Gasteiger partial charge in [0.05, 0.1) is 18.8 Å². The van der Waals surface area contributed by atoms with Crippen molar-refractivity contribution < 1.29 is 49.2 Å². The molecule has 7 atom stereocenters. The zero-order chi connectivity index (χ0) is 35.0. The van der Waals surface area contributed by atoms with Gasteiger partial charge in [0.25, 0.3) is 0 Å². The van der Waals surface area contributed by atoms with Gasteiger partial charge >= 0.3 is 5.97 Å². The van der Waals surface area contributed by atoms with Crippen molar-refractivity contribution in [2.45, 2.75) is 95.2 Å². The number of carboxylic acid groups (broad SMARTS) is 1. The Morgan fingerprint density at radius 2 is 1.47 bits per heavy atom. The van der Waals surface area contributed by atoms with Gasteiger partial charge < -0.3 is 51.9 Å². The van der Waals surface area contributed by atoms with Gasteiger partial charge in [0.1, 0.15) is 36.0 Å². The number of aliphatic hydroxyl groups is 2. The van der Waals surface area contributed by atoms with E-state index in [9.17, 15) is 49.2 Å². The van der Waals surface area contributed by atoms with Crippen LogP contribution >= 0.6 is 0 Å². The van der Waals surface area contributed by atoms with Gasteiger partial charge in [0.15, 0.2) is 0 Å². The summed E-state index contributed by atoms with van der Waals surface area (Å²) in [5.41, 5.74) is 6.41. The maximum atomic E-state index is 13.8. The summed E-state index contributed by atoms with van der Waals surface area (Å²) >= 11 is 0. The number of hydrogen-bond donors (Lipinski definition) is 8. The van der Waals surface area contributed by atoms with E-state index in [1.807, 2.05) is 0 Å². The molecule has 2 fully saturated rings. The van der Waals surface area contributed by atoms with Crippen molar-refractivity contribution in [2.75, 3.05) is 19.7 Å². The van der Waals surface area contributed by atoms with Crippen molar-refractivity contribution >= 4 is 35.5 Å². The number of aliphatic carboxylic acids is 1. The van der Waals surface area contributed by atoms with E-state index in [1.54, 1.807) is 26.0 Å². The number of carbonyl (C=O) groups is 6. The van der Waals surface area contributed by atoms with Crippen molar-refractivity contribution in [3.63, 3.8) is 0 Å². The number of hydrogen-bond acceptors (Lipinski definition) is 10. The Morgan fingerprint density at radius 1 is 0.872 bits per heavy atom. The number of nitrogens with two attached hydrogens (primary N) is 1. The summed E-state index contributed by atoms with van der Waals surface area (Å²) in [6.07, 6.45) is 0.0415. The summed E-state index contributed by atoms with van der Waals surface area (Å²) < 4.78 is 0. The third-order valence-electron chi connectivity index (χ3n) is 8.53. The third-order valence-corrected chi connectivity index (χ3v) is 8.53. The molecule has 260 valence electrons. The molecular weight excluding hydrogens is 616 g/mol. The number of aromatic hydroxyl groups is 1. The Morgan fingerprint density at radius 3 is 2.02 bits per heavy atom. The first-order chi connectivity index (χ1) is 22.2. The van der Waals surface area contributed by atoms with E-state index >= 15 is 0 Å². The highest BCUT2D eigenvalue weighted by molar-refractivity contribution is 5.97. The molecule has 1 aromatic carbocycles. The minimum Gasteiger partial charge on any atom is -0.508 e. The van der Waals surface area contributed by atoms with E-state index < -0.39 is 84.5 Å². The second kappa shape index (κ2) is 16.5. The number of nitrogens with zero attached hydrogens (tertiary/aromatic N) is 2. The SMILES string of the molecule is CC(C)[C@H](N)C(=O)N[C@H](C(=O)N[C@@H](CO)C(=O)N1CCC[C@H]1C(=O)N1CCC[C@H]1C(=O)N[C@@H](Cc1ccc(O)cc1)C(=O)O)[C@@H](C)O. The molecule has 1 aromatic rings. The molecule has 0 aromatic heterocycles. The average Bonchev–Trinajstić information content (AvgIpc) is 3.72. The molecule has 0 radical (unpaired) electrons. The molecule has 2 aliphatic heterocycles. The highest BCUT2D eigenvalue weighted by Gasteiger charge is 2.44. The highest BCUT2D eigenvalue weighted by atomic mass is 16.4. The fourth-order valence-corrected chi connectivity index (χ4v) is 5.72. The largest absolute Gasteiger partial charge is 0.508 e. The van der Waals surface area contributed by atoms with Crippen LogP contribution in [-0.2, 0) is 35.2 Å². The Labute approximate surface area is 272 Å². The number of carbonyl (C=O) groups excluding carboxylic acids is 5. The molecule has 0 unspecified atom stereocenters. The number of aliphatic hydroxyl groups excluding tert-OH is 2. The topological polar surface area (TPSA) is 252 Å². The van der Waals surface area contributed by atoms with E-state index in [-0.39, 0.29) is 44.0 Å². The lowest BCUT2D eigenvalue weighted by Gasteiger charge is -2.33. The molecule has 2 saturated heterocycles. The standard InChI is InChI=1S/C31H46N6O10/c1-16(2)24(32)27(42)35-25(17(3)39)28(43)34-21(15-38)29(44)37-13-5-7-23(37)30(45)36-12-4-6-22(36)26(41)33-20(31(46)47)14-18-8-10-19(40)11-9-18/h8-11,16-17,20-25,38-40H,4-7,12-15,32H2,1-3H3,(H,33,41)(H,34,43)(H,35,42)(H,46,47)/t17-,20+,21+,22+,23+,24+,25+/m1/s1. The molecule has 2 aliphatic rings. The number of phenols is 1. The number of benzene rings is 1. The first-order valence-electron chi connectivity index (χ1n) is 15.7. The number of likely N-dealkylation sites (tertiary alicyclic amines) is 2. The first kappa shape index (κ1) is 37.2. The molecule has 5 amide bonds. The predicted octanol–water partition coefficient (Wildman–Crippen LogP) is -2.19. The Hall–Kier alpha value is -4.28. The summed E-state index contributed by atoms with van der Waals surface area (Å²) in [7, 11) is 0. The summed E-state index contributed by atoms with van der Waals surface area (Å²) in [6, 6.07) is -1.29.